The molecule has 0 radical (unpaired) electrons. The van der Waals surface area contributed by atoms with Crippen LogP contribution in [0.3, 0.4) is 0 Å². The predicted octanol–water partition coefficient (Wildman–Crippen LogP) is 1.60. The summed E-state index contributed by atoms with van der Waals surface area (Å²) in [4.78, 5) is 0. The molecule has 0 saturated carbocycles. The Bertz CT molecular complexity index is 279. The number of rotatable bonds is 2. The molecular formula is C11H15NO. The van der Waals surface area contributed by atoms with Crippen LogP contribution in [0.1, 0.15) is 30.0 Å². The van der Waals surface area contributed by atoms with Gasteiger partial charge in [0.1, 0.15) is 0 Å². The summed E-state index contributed by atoms with van der Waals surface area (Å²) in [5.74, 6) is 0. The summed E-state index contributed by atoms with van der Waals surface area (Å²) in [5, 5.41) is 12.6. The number of benzene rings is 1. The summed E-state index contributed by atoms with van der Waals surface area (Å²) in [5.41, 5.74) is 2.32. The highest BCUT2D eigenvalue weighted by atomic mass is 16.3. The average molecular weight is 177 g/mol. The van der Waals surface area contributed by atoms with Gasteiger partial charge in [-0.25, -0.2) is 0 Å². The van der Waals surface area contributed by atoms with E-state index in [4.69, 9.17) is 5.11 Å². The molecule has 2 nitrogen and oxygen atoms in total. The molecule has 1 fully saturated rings. The lowest BCUT2D eigenvalue weighted by Crippen LogP contribution is -2.14. The van der Waals surface area contributed by atoms with Crippen LogP contribution in [0.2, 0.25) is 0 Å². The van der Waals surface area contributed by atoms with Crippen molar-refractivity contribution in [1.29, 1.82) is 0 Å². The lowest BCUT2D eigenvalue weighted by molar-refractivity contribution is 0.279. The van der Waals surface area contributed by atoms with Crippen molar-refractivity contribution in [2.24, 2.45) is 0 Å². The maximum absolute atomic E-state index is 9.15. The Morgan fingerprint density at radius 1 is 1.38 bits per heavy atom. The van der Waals surface area contributed by atoms with Crippen LogP contribution in [0.25, 0.3) is 0 Å². The first kappa shape index (κ1) is 8.73. The highest BCUT2D eigenvalue weighted by Gasteiger charge is 2.17. The lowest BCUT2D eigenvalue weighted by Gasteiger charge is -2.14. The second-order valence-electron chi connectivity index (χ2n) is 3.51. The molecule has 1 saturated heterocycles. The molecule has 13 heavy (non-hydrogen) atoms. The quantitative estimate of drug-likeness (QED) is 0.719. The number of aliphatic hydroxyl groups excluding tert-OH is 1. The molecule has 70 valence electrons. The maximum atomic E-state index is 9.15. The first-order chi connectivity index (χ1) is 6.42. The topological polar surface area (TPSA) is 32.3 Å². The third kappa shape index (κ3) is 1.74. The predicted molar refractivity (Wildman–Crippen MR) is 52.3 cm³/mol. The molecule has 1 aliphatic rings. The van der Waals surface area contributed by atoms with E-state index < -0.39 is 0 Å². The third-order valence-corrected chi connectivity index (χ3v) is 2.66. The van der Waals surface area contributed by atoms with Crippen molar-refractivity contribution in [2.75, 3.05) is 6.54 Å². The zero-order valence-electron chi connectivity index (χ0n) is 7.66. The van der Waals surface area contributed by atoms with Crippen molar-refractivity contribution in [3.8, 4) is 0 Å². The van der Waals surface area contributed by atoms with Gasteiger partial charge in [-0.05, 0) is 30.5 Å². The first-order valence-corrected chi connectivity index (χ1v) is 4.84. The fraction of sp³-hybridized carbons (Fsp3) is 0.455. The van der Waals surface area contributed by atoms with Crippen LogP contribution in [-0.4, -0.2) is 11.7 Å². The van der Waals surface area contributed by atoms with Gasteiger partial charge in [0.15, 0.2) is 0 Å². The van der Waals surface area contributed by atoms with Crippen molar-refractivity contribution in [2.45, 2.75) is 25.5 Å². The summed E-state index contributed by atoms with van der Waals surface area (Å²) >= 11 is 0. The lowest BCUT2D eigenvalue weighted by atomic mass is 10.00. The van der Waals surface area contributed by atoms with E-state index in [1.54, 1.807) is 0 Å². The smallest absolute Gasteiger partial charge is 0.0685 e. The number of hydrogen-bond donors (Lipinski definition) is 2. The minimum Gasteiger partial charge on any atom is -0.392 e. The minimum atomic E-state index is 0.147. The number of aliphatic hydroxyl groups is 1. The molecule has 0 amide bonds. The fourth-order valence-corrected chi connectivity index (χ4v) is 1.97. The summed E-state index contributed by atoms with van der Waals surface area (Å²) in [6, 6.07) is 8.57. The summed E-state index contributed by atoms with van der Waals surface area (Å²) in [7, 11) is 0. The van der Waals surface area contributed by atoms with Gasteiger partial charge in [0.05, 0.1) is 6.61 Å². The van der Waals surface area contributed by atoms with E-state index in [0.29, 0.717) is 6.04 Å². The largest absolute Gasteiger partial charge is 0.392 e. The summed E-state index contributed by atoms with van der Waals surface area (Å²) in [6.45, 7) is 1.25. The van der Waals surface area contributed by atoms with Gasteiger partial charge < -0.3 is 10.4 Å². The van der Waals surface area contributed by atoms with Crippen molar-refractivity contribution < 1.29 is 5.11 Å². The molecule has 0 aromatic heterocycles. The Morgan fingerprint density at radius 2 is 2.23 bits per heavy atom. The van der Waals surface area contributed by atoms with Crippen molar-refractivity contribution in [3.05, 3.63) is 35.4 Å². The molecule has 2 rings (SSSR count). The molecule has 1 aliphatic heterocycles. The van der Waals surface area contributed by atoms with Gasteiger partial charge in [-0.2, -0.15) is 0 Å². The Labute approximate surface area is 78.6 Å². The van der Waals surface area contributed by atoms with E-state index in [1.807, 2.05) is 18.2 Å². The van der Waals surface area contributed by atoms with E-state index in [-0.39, 0.29) is 6.61 Å². The monoisotopic (exact) mass is 177 g/mol. The molecule has 1 atom stereocenters. The van der Waals surface area contributed by atoms with Crippen molar-refractivity contribution in [3.63, 3.8) is 0 Å². The molecule has 1 aromatic carbocycles. The normalized spacial score (nSPS) is 22.1. The number of nitrogens with one attached hydrogen (secondary N) is 1. The molecule has 2 heteroatoms. The van der Waals surface area contributed by atoms with E-state index >= 15 is 0 Å². The SMILES string of the molecule is OCc1ccccc1[C@H]1CCCN1. The minimum absolute atomic E-state index is 0.147. The Morgan fingerprint density at radius 3 is 2.92 bits per heavy atom. The Hall–Kier alpha value is -0.860. The number of hydrogen-bond acceptors (Lipinski definition) is 2. The third-order valence-electron chi connectivity index (χ3n) is 2.66. The highest BCUT2D eigenvalue weighted by molar-refractivity contribution is 5.29. The summed E-state index contributed by atoms with van der Waals surface area (Å²) < 4.78 is 0. The molecule has 1 aromatic rings. The van der Waals surface area contributed by atoms with Gasteiger partial charge >= 0.3 is 0 Å². The first-order valence-electron chi connectivity index (χ1n) is 4.84. The van der Waals surface area contributed by atoms with E-state index in [0.717, 1.165) is 12.1 Å². The molecular weight excluding hydrogens is 162 g/mol. The standard InChI is InChI=1S/C11H15NO/c13-8-9-4-1-2-5-10(9)11-6-3-7-12-11/h1-2,4-5,11-13H,3,6-8H2/t11-/m1/s1. The van der Waals surface area contributed by atoms with E-state index in [2.05, 4.69) is 11.4 Å². The van der Waals surface area contributed by atoms with Gasteiger partial charge in [0.2, 0.25) is 0 Å². The molecule has 2 N–H and O–H groups in total. The fourth-order valence-electron chi connectivity index (χ4n) is 1.97. The van der Waals surface area contributed by atoms with Gasteiger partial charge in [0, 0.05) is 6.04 Å². The molecule has 0 unspecified atom stereocenters. The zero-order valence-corrected chi connectivity index (χ0v) is 7.66. The van der Waals surface area contributed by atoms with Crippen molar-refractivity contribution >= 4 is 0 Å². The molecule has 0 bridgehead atoms. The van der Waals surface area contributed by atoms with Gasteiger partial charge in [-0.15, -0.1) is 0 Å². The van der Waals surface area contributed by atoms with Crippen molar-refractivity contribution in [1.82, 2.24) is 5.32 Å². The molecule has 0 spiro atoms. The highest BCUT2D eigenvalue weighted by Crippen LogP contribution is 2.25. The zero-order chi connectivity index (χ0) is 9.10. The van der Waals surface area contributed by atoms with Crippen LogP contribution < -0.4 is 5.32 Å². The van der Waals surface area contributed by atoms with Crippen LogP contribution in [0.15, 0.2) is 24.3 Å². The molecule has 0 aliphatic carbocycles. The summed E-state index contributed by atoms with van der Waals surface area (Å²) in [6.07, 6.45) is 2.43. The van der Waals surface area contributed by atoms with Crippen LogP contribution in [0.5, 0.6) is 0 Å². The second-order valence-corrected chi connectivity index (χ2v) is 3.51. The van der Waals surface area contributed by atoms with Gasteiger partial charge in [-0.1, -0.05) is 24.3 Å². The Balaban J connectivity index is 2.26. The van der Waals surface area contributed by atoms with Crippen LogP contribution >= 0.6 is 0 Å². The van der Waals surface area contributed by atoms with Crippen LogP contribution in [0.4, 0.5) is 0 Å². The average Bonchev–Trinajstić information content (AvgIpc) is 2.70. The van der Waals surface area contributed by atoms with Gasteiger partial charge in [0.25, 0.3) is 0 Å². The maximum Gasteiger partial charge on any atom is 0.0685 e. The van der Waals surface area contributed by atoms with Gasteiger partial charge in [-0.3, -0.25) is 0 Å². The van der Waals surface area contributed by atoms with Crippen LogP contribution in [-0.2, 0) is 6.61 Å². The van der Waals surface area contributed by atoms with E-state index in [1.165, 1.54) is 18.4 Å². The Kier molecular flexibility index (Phi) is 2.62. The second kappa shape index (κ2) is 3.90. The van der Waals surface area contributed by atoms with E-state index in [9.17, 15) is 0 Å². The van der Waals surface area contributed by atoms with Crippen LogP contribution in [0, 0.1) is 0 Å². The molecule has 1 heterocycles.